The van der Waals surface area contributed by atoms with Gasteiger partial charge >= 0.3 is 19.8 Å². The van der Waals surface area contributed by atoms with Crippen LogP contribution < -0.4 is 0 Å². The van der Waals surface area contributed by atoms with Gasteiger partial charge in [-0.1, -0.05) is 112 Å². The highest BCUT2D eigenvalue weighted by molar-refractivity contribution is 7.46. The largest absolute Gasteiger partial charge is 0.469 e. The number of phosphoric acid groups is 1. The predicted octanol–water partition coefficient (Wildman–Crippen LogP) is 9.45. The molecule has 0 aliphatic heterocycles. The van der Waals surface area contributed by atoms with Crippen molar-refractivity contribution in [1.29, 1.82) is 0 Å². The molecule has 0 rings (SSSR count). The molecule has 52 heavy (non-hydrogen) atoms. The fourth-order valence-electron chi connectivity index (χ4n) is 4.83. The molecule has 0 amide bonds. The average molecular weight is 753 g/mol. The number of hydrogen-bond acceptors (Lipinski definition) is 8. The van der Waals surface area contributed by atoms with Crippen LogP contribution in [0.3, 0.4) is 0 Å². The summed E-state index contributed by atoms with van der Waals surface area (Å²) in [4.78, 5) is 42.8. The molecule has 298 valence electrons. The smallest absolute Gasteiger partial charge is 0.462 e. The number of rotatable bonds is 34. The number of allylic oxidation sites excluding steroid dienone is 11. The van der Waals surface area contributed by atoms with Crippen LogP contribution in [0, 0.1) is 0 Å². The summed E-state index contributed by atoms with van der Waals surface area (Å²) in [5, 5.41) is 20.5. The zero-order valence-corrected chi connectivity index (χ0v) is 32.8. The molecule has 4 N–H and O–H groups in total. The standard InChI is InChI=1S/C41H69O10P/c1-3-5-7-9-11-13-15-17-18-19-21-23-25-27-29-33-40(44)49-35-37(36-50-52(46,47)48)51-41(45)34-30-32-39(43)38(42)31-28-26-24-22-20-16-14-12-10-8-6-4-2/h11-14,17-18,20-23,26,28,37-39,42-43H,3-10,15-16,19,24-25,27,29-36H2,1-2H3,(H2,46,47,48)/b13-11-,14-12-,18-17-,22-20-,23-21-,28-26-/t37-,38?,39?/m1/s1. The Kier molecular flexibility index (Phi) is 33.7. The number of phosphoric ester groups is 1. The van der Waals surface area contributed by atoms with Gasteiger partial charge in [0.25, 0.3) is 0 Å². The third-order valence-electron chi connectivity index (χ3n) is 7.90. The Balaban J connectivity index is 4.31. The Bertz CT molecular complexity index is 1100. The summed E-state index contributed by atoms with van der Waals surface area (Å²) in [5.74, 6) is -1.22. The van der Waals surface area contributed by atoms with E-state index in [1.165, 1.54) is 38.5 Å². The van der Waals surface area contributed by atoms with Crippen molar-refractivity contribution in [3.05, 3.63) is 72.9 Å². The van der Waals surface area contributed by atoms with E-state index in [4.69, 9.17) is 19.3 Å². The van der Waals surface area contributed by atoms with Crippen molar-refractivity contribution in [1.82, 2.24) is 0 Å². The summed E-state index contributed by atoms with van der Waals surface area (Å²) in [7, 11) is -4.85. The summed E-state index contributed by atoms with van der Waals surface area (Å²) in [6.45, 7) is 3.33. The Morgan fingerprint density at radius 1 is 0.577 bits per heavy atom. The number of ether oxygens (including phenoxy) is 2. The van der Waals surface area contributed by atoms with Gasteiger partial charge in [0.05, 0.1) is 18.8 Å². The van der Waals surface area contributed by atoms with Gasteiger partial charge in [-0.3, -0.25) is 14.1 Å². The van der Waals surface area contributed by atoms with E-state index in [0.717, 1.165) is 51.4 Å². The molecular weight excluding hydrogens is 683 g/mol. The molecule has 0 aromatic carbocycles. The maximum atomic E-state index is 12.4. The monoisotopic (exact) mass is 752 g/mol. The maximum Gasteiger partial charge on any atom is 0.469 e. The fraction of sp³-hybridized carbons (Fsp3) is 0.659. The number of aliphatic hydroxyl groups is 2. The number of aliphatic hydroxyl groups excluding tert-OH is 2. The van der Waals surface area contributed by atoms with Crippen LogP contribution in [-0.4, -0.2) is 63.5 Å². The minimum atomic E-state index is -4.85. The lowest BCUT2D eigenvalue weighted by Gasteiger charge is -2.19. The van der Waals surface area contributed by atoms with Crippen LogP contribution in [-0.2, 0) is 28.2 Å². The number of esters is 2. The molecule has 3 atom stereocenters. The number of unbranched alkanes of at least 4 members (excludes halogenated alkanes) is 8. The van der Waals surface area contributed by atoms with Gasteiger partial charge < -0.3 is 29.5 Å². The topological polar surface area (TPSA) is 160 Å². The summed E-state index contributed by atoms with van der Waals surface area (Å²) in [5.41, 5.74) is 0. The highest BCUT2D eigenvalue weighted by atomic mass is 31.2. The van der Waals surface area contributed by atoms with Gasteiger partial charge in [0.15, 0.2) is 6.10 Å². The van der Waals surface area contributed by atoms with Crippen molar-refractivity contribution in [3.8, 4) is 0 Å². The number of carbonyl (C=O) groups excluding carboxylic acids is 2. The van der Waals surface area contributed by atoms with E-state index in [9.17, 15) is 24.4 Å². The Labute approximate surface area is 314 Å². The van der Waals surface area contributed by atoms with Crippen molar-refractivity contribution in [2.45, 2.75) is 161 Å². The minimum Gasteiger partial charge on any atom is -0.462 e. The van der Waals surface area contributed by atoms with Gasteiger partial charge in [-0.15, -0.1) is 0 Å². The highest BCUT2D eigenvalue weighted by Crippen LogP contribution is 2.36. The van der Waals surface area contributed by atoms with Crippen LogP contribution in [0.15, 0.2) is 72.9 Å². The molecule has 0 radical (unpaired) electrons. The van der Waals surface area contributed by atoms with Crippen molar-refractivity contribution < 1.29 is 48.2 Å². The van der Waals surface area contributed by atoms with Crippen molar-refractivity contribution in [2.24, 2.45) is 0 Å². The molecule has 0 spiro atoms. The van der Waals surface area contributed by atoms with Gasteiger partial charge in [-0.05, 0) is 89.9 Å². The van der Waals surface area contributed by atoms with Crippen LogP contribution in [0.1, 0.15) is 142 Å². The lowest BCUT2D eigenvalue weighted by atomic mass is 10.0. The van der Waals surface area contributed by atoms with Gasteiger partial charge in [0.1, 0.15) is 6.61 Å². The van der Waals surface area contributed by atoms with Gasteiger partial charge in [-0.25, -0.2) is 4.57 Å². The lowest BCUT2D eigenvalue weighted by Crippen LogP contribution is -2.30. The normalized spacial score (nSPS) is 14.5. The summed E-state index contributed by atoms with van der Waals surface area (Å²) in [6, 6.07) is 0. The second-order valence-electron chi connectivity index (χ2n) is 12.9. The molecule has 0 aliphatic carbocycles. The molecule has 0 aromatic heterocycles. The maximum absolute atomic E-state index is 12.4. The Hall–Kier alpha value is -2.59. The molecule has 10 nitrogen and oxygen atoms in total. The predicted molar refractivity (Wildman–Crippen MR) is 209 cm³/mol. The Morgan fingerprint density at radius 2 is 1.04 bits per heavy atom. The second kappa shape index (κ2) is 35.4. The van der Waals surface area contributed by atoms with Crippen LogP contribution in [0.2, 0.25) is 0 Å². The van der Waals surface area contributed by atoms with E-state index in [1.54, 1.807) is 0 Å². The average Bonchev–Trinajstić information content (AvgIpc) is 3.11. The van der Waals surface area contributed by atoms with E-state index < -0.39 is 51.3 Å². The summed E-state index contributed by atoms with van der Waals surface area (Å²) >= 11 is 0. The molecule has 0 aromatic rings. The molecule has 11 heteroatoms. The van der Waals surface area contributed by atoms with E-state index in [0.29, 0.717) is 6.42 Å². The molecule has 0 saturated carbocycles. The fourth-order valence-corrected chi connectivity index (χ4v) is 5.19. The summed E-state index contributed by atoms with van der Waals surface area (Å²) < 4.78 is 26.1. The molecule has 0 saturated heterocycles. The molecule has 0 bridgehead atoms. The Morgan fingerprint density at radius 3 is 1.54 bits per heavy atom. The molecule has 0 aliphatic rings. The van der Waals surface area contributed by atoms with Crippen molar-refractivity contribution in [3.63, 3.8) is 0 Å². The molecule has 0 heterocycles. The first kappa shape index (κ1) is 49.4. The first-order valence-electron chi connectivity index (χ1n) is 19.4. The zero-order valence-electron chi connectivity index (χ0n) is 31.9. The third-order valence-corrected chi connectivity index (χ3v) is 8.38. The second-order valence-corrected chi connectivity index (χ2v) is 14.1. The van der Waals surface area contributed by atoms with Gasteiger partial charge in [-0.2, -0.15) is 0 Å². The number of carbonyl (C=O) groups is 2. The summed E-state index contributed by atoms with van der Waals surface area (Å²) in [6.07, 6.45) is 38.0. The van der Waals surface area contributed by atoms with Crippen molar-refractivity contribution >= 4 is 19.8 Å². The first-order chi connectivity index (χ1) is 25.1. The lowest BCUT2D eigenvalue weighted by molar-refractivity contribution is -0.161. The van der Waals surface area contributed by atoms with Crippen LogP contribution >= 0.6 is 7.82 Å². The van der Waals surface area contributed by atoms with Crippen LogP contribution in [0.25, 0.3) is 0 Å². The van der Waals surface area contributed by atoms with Gasteiger partial charge in [0, 0.05) is 12.8 Å². The SMILES string of the molecule is CCCCC/C=C\C/C=C\C/C=C\CCCCC(=O)OC[C@H](COP(=O)(O)O)OC(=O)CCCC(O)C(O)C/C=C\C/C=C\C/C=C\CCCCC. The van der Waals surface area contributed by atoms with E-state index in [1.807, 2.05) is 12.2 Å². The highest BCUT2D eigenvalue weighted by Gasteiger charge is 2.23. The number of hydrogen-bond donors (Lipinski definition) is 4. The quantitative estimate of drug-likeness (QED) is 0.0216. The van der Waals surface area contributed by atoms with E-state index in [-0.39, 0.29) is 32.1 Å². The zero-order chi connectivity index (χ0) is 38.5. The third kappa shape index (κ3) is 35.8. The minimum absolute atomic E-state index is 0.114. The van der Waals surface area contributed by atoms with E-state index in [2.05, 4.69) is 79.1 Å². The van der Waals surface area contributed by atoms with Crippen LogP contribution in [0.5, 0.6) is 0 Å². The van der Waals surface area contributed by atoms with Gasteiger partial charge in [0.2, 0.25) is 0 Å². The van der Waals surface area contributed by atoms with Crippen molar-refractivity contribution in [2.75, 3.05) is 13.2 Å². The molecule has 0 fully saturated rings. The molecular formula is C41H69O10P. The van der Waals surface area contributed by atoms with Crippen LogP contribution in [0.4, 0.5) is 0 Å². The molecule has 2 unspecified atom stereocenters. The first-order valence-corrected chi connectivity index (χ1v) is 20.9. The van der Waals surface area contributed by atoms with E-state index >= 15 is 0 Å².